The van der Waals surface area contributed by atoms with Crippen LogP contribution in [0.3, 0.4) is 0 Å². The summed E-state index contributed by atoms with van der Waals surface area (Å²) >= 11 is 0. The van der Waals surface area contributed by atoms with Gasteiger partial charge in [-0.05, 0) is 38.3 Å². The Labute approximate surface area is 110 Å². The molecule has 0 aliphatic rings. The second-order valence-electron chi connectivity index (χ2n) is 5.65. The fraction of sp³-hybridized carbons (Fsp3) is 1.00. The summed E-state index contributed by atoms with van der Waals surface area (Å²) in [4.78, 5) is 2.56. The Bertz CT molecular complexity index is 152. The van der Waals surface area contributed by atoms with Crippen LogP contribution in [0.5, 0.6) is 0 Å². The predicted octanol–water partition coefficient (Wildman–Crippen LogP) is 4.96. The Kier molecular flexibility index (Phi) is 11.0. The van der Waals surface area contributed by atoms with Crippen molar-refractivity contribution in [1.29, 1.82) is 0 Å². The van der Waals surface area contributed by atoms with Crippen LogP contribution in [0.15, 0.2) is 0 Å². The van der Waals surface area contributed by atoms with Gasteiger partial charge in [0.05, 0.1) is 0 Å². The summed E-state index contributed by atoms with van der Waals surface area (Å²) in [6.45, 7) is 11.9. The molecule has 1 atom stereocenters. The topological polar surface area (TPSA) is 3.24 Å². The molecule has 0 bridgehead atoms. The van der Waals surface area contributed by atoms with Gasteiger partial charge in [0.2, 0.25) is 0 Å². The normalized spacial score (nSPS) is 13.6. The summed E-state index contributed by atoms with van der Waals surface area (Å²) in [5.41, 5.74) is 0. The van der Waals surface area contributed by atoms with Crippen LogP contribution in [0.1, 0.15) is 72.6 Å². The molecule has 0 fully saturated rings. The first kappa shape index (κ1) is 17.0. The fourth-order valence-electron chi connectivity index (χ4n) is 2.55. The zero-order chi connectivity index (χ0) is 13.1. The minimum Gasteiger partial charge on any atom is -0.306 e. The van der Waals surface area contributed by atoms with E-state index < -0.39 is 0 Å². The molecule has 0 heterocycles. The smallest absolute Gasteiger partial charge is 0.000651 e. The zero-order valence-corrected chi connectivity index (χ0v) is 13.0. The van der Waals surface area contributed by atoms with Crippen molar-refractivity contribution in [2.24, 2.45) is 11.8 Å². The van der Waals surface area contributed by atoms with Gasteiger partial charge in [-0.25, -0.2) is 0 Å². The van der Waals surface area contributed by atoms with Gasteiger partial charge in [0, 0.05) is 6.54 Å². The SMILES string of the molecule is CCCCC(CC)CN(C)CCC(CC)CC. The van der Waals surface area contributed by atoms with Gasteiger partial charge in [0.15, 0.2) is 0 Å². The van der Waals surface area contributed by atoms with Crippen LogP contribution in [0, 0.1) is 11.8 Å². The van der Waals surface area contributed by atoms with Crippen LogP contribution in [0.2, 0.25) is 0 Å². The Balaban J connectivity index is 3.77. The molecule has 0 rings (SSSR count). The van der Waals surface area contributed by atoms with E-state index in [9.17, 15) is 0 Å². The number of hydrogen-bond acceptors (Lipinski definition) is 1. The fourth-order valence-corrected chi connectivity index (χ4v) is 2.55. The lowest BCUT2D eigenvalue weighted by molar-refractivity contribution is 0.240. The molecule has 1 unspecified atom stereocenters. The molecule has 0 aliphatic carbocycles. The number of unbranched alkanes of at least 4 members (excludes halogenated alkanes) is 1. The first-order valence-corrected chi connectivity index (χ1v) is 7.86. The van der Waals surface area contributed by atoms with E-state index in [0.29, 0.717) is 0 Å². The van der Waals surface area contributed by atoms with Crippen molar-refractivity contribution in [3.63, 3.8) is 0 Å². The standard InChI is InChI=1S/C16H35N/c1-6-10-11-16(9-4)14-17(5)13-12-15(7-2)8-3/h15-16H,6-14H2,1-5H3. The van der Waals surface area contributed by atoms with Crippen molar-refractivity contribution >= 4 is 0 Å². The lowest BCUT2D eigenvalue weighted by Crippen LogP contribution is -2.27. The second-order valence-corrected chi connectivity index (χ2v) is 5.65. The highest BCUT2D eigenvalue weighted by Crippen LogP contribution is 2.16. The van der Waals surface area contributed by atoms with Gasteiger partial charge in [-0.2, -0.15) is 0 Å². The third-order valence-corrected chi connectivity index (χ3v) is 4.19. The van der Waals surface area contributed by atoms with Gasteiger partial charge in [0.1, 0.15) is 0 Å². The maximum atomic E-state index is 2.56. The predicted molar refractivity (Wildman–Crippen MR) is 79.5 cm³/mol. The highest BCUT2D eigenvalue weighted by atomic mass is 15.1. The summed E-state index contributed by atoms with van der Waals surface area (Å²) in [6.07, 6.45) is 9.58. The summed E-state index contributed by atoms with van der Waals surface area (Å²) < 4.78 is 0. The molecule has 104 valence electrons. The molecule has 0 aromatic rings. The Hall–Kier alpha value is -0.0400. The highest BCUT2D eigenvalue weighted by molar-refractivity contribution is 4.64. The quantitative estimate of drug-likeness (QED) is 0.494. The maximum absolute atomic E-state index is 2.56. The van der Waals surface area contributed by atoms with E-state index in [1.807, 2.05) is 0 Å². The highest BCUT2D eigenvalue weighted by Gasteiger charge is 2.10. The molecule has 0 aromatic carbocycles. The lowest BCUT2D eigenvalue weighted by Gasteiger charge is -2.24. The van der Waals surface area contributed by atoms with Gasteiger partial charge in [-0.15, -0.1) is 0 Å². The lowest BCUT2D eigenvalue weighted by atomic mass is 9.97. The van der Waals surface area contributed by atoms with Crippen molar-refractivity contribution in [3.05, 3.63) is 0 Å². The molecule has 1 nitrogen and oxygen atoms in total. The van der Waals surface area contributed by atoms with Crippen molar-refractivity contribution in [3.8, 4) is 0 Å². The van der Waals surface area contributed by atoms with Gasteiger partial charge in [-0.3, -0.25) is 0 Å². The summed E-state index contributed by atoms with van der Waals surface area (Å²) in [6, 6.07) is 0. The largest absolute Gasteiger partial charge is 0.306 e. The average molecular weight is 241 g/mol. The van der Waals surface area contributed by atoms with E-state index in [-0.39, 0.29) is 0 Å². The Morgan fingerprint density at radius 3 is 1.88 bits per heavy atom. The molecule has 0 spiro atoms. The van der Waals surface area contributed by atoms with Crippen LogP contribution in [-0.2, 0) is 0 Å². The molecule has 17 heavy (non-hydrogen) atoms. The summed E-state index contributed by atoms with van der Waals surface area (Å²) in [5, 5.41) is 0. The molecule has 0 saturated heterocycles. The molecule has 0 amide bonds. The van der Waals surface area contributed by atoms with Crippen LogP contribution >= 0.6 is 0 Å². The third kappa shape index (κ3) is 8.65. The zero-order valence-electron chi connectivity index (χ0n) is 13.0. The molecule has 0 aliphatic heterocycles. The first-order valence-electron chi connectivity index (χ1n) is 7.86. The maximum Gasteiger partial charge on any atom is 0.000651 e. The minimum atomic E-state index is 0.918. The van der Waals surface area contributed by atoms with Gasteiger partial charge in [0.25, 0.3) is 0 Å². The van der Waals surface area contributed by atoms with Gasteiger partial charge >= 0.3 is 0 Å². The first-order chi connectivity index (χ1) is 8.17. The van der Waals surface area contributed by atoms with Crippen LogP contribution < -0.4 is 0 Å². The Morgan fingerprint density at radius 1 is 0.824 bits per heavy atom. The summed E-state index contributed by atoms with van der Waals surface area (Å²) in [7, 11) is 2.30. The molecular weight excluding hydrogens is 206 g/mol. The molecular formula is C16H35N. The summed E-state index contributed by atoms with van der Waals surface area (Å²) in [5.74, 6) is 1.86. The van der Waals surface area contributed by atoms with Crippen molar-refractivity contribution in [2.45, 2.75) is 72.6 Å². The average Bonchev–Trinajstić information content (AvgIpc) is 2.35. The van der Waals surface area contributed by atoms with Gasteiger partial charge in [-0.1, -0.05) is 59.8 Å². The molecule has 0 aromatic heterocycles. The number of hydrogen-bond donors (Lipinski definition) is 0. The van der Waals surface area contributed by atoms with Crippen LogP contribution in [0.4, 0.5) is 0 Å². The molecule has 0 radical (unpaired) electrons. The molecule has 1 heteroatoms. The number of rotatable bonds is 11. The van der Waals surface area contributed by atoms with E-state index in [1.165, 1.54) is 58.0 Å². The van der Waals surface area contributed by atoms with E-state index >= 15 is 0 Å². The van der Waals surface area contributed by atoms with Crippen LogP contribution in [-0.4, -0.2) is 25.0 Å². The molecule has 0 saturated carbocycles. The van der Waals surface area contributed by atoms with Crippen LogP contribution in [0.25, 0.3) is 0 Å². The second kappa shape index (κ2) is 11.1. The van der Waals surface area contributed by atoms with Gasteiger partial charge < -0.3 is 4.90 Å². The van der Waals surface area contributed by atoms with Crippen molar-refractivity contribution in [1.82, 2.24) is 4.90 Å². The Morgan fingerprint density at radius 2 is 1.41 bits per heavy atom. The monoisotopic (exact) mass is 241 g/mol. The number of nitrogens with zero attached hydrogens (tertiary/aromatic N) is 1. The van der Waals surface area contributed by atoms with Crippen molar-refractivity contribution < 1.29 is 0 Å². The van der Waals surface area contributed by atoms with E-state index in [0.717, 1.165) is 11.8 Å². The van der Waals surface area contributed by atoms with E-state index in [2.05, 4.69) is 39.6 Å². The molecule has 0 N–H and O–H groups in total. The van der Waals surface area contributed by atoms with E-state index in [1.54, 1.807) is 0 Å². The van der Waals surface area contributed by atoms with Crippen molar-refractivity contribution in [2.75, 3.05) is 20.1 Å². The minimum absolute atomic E-state index is 0.918. The van der Waals surface area contributed by atoms with E-state index in [4.69, 9.17) is 0 Å². The third-order valence-electron chi connectivity index (χ3n) is 4.19.